The second kappa shape index (κ2) is 4.31. The summed E-state index contributed by atoms with van der Waals surface area (Å²) in [5.41, 5.74) is 6.66. The Morgan fingerprint density at radius 3 is 2.00 bits per heavy atom. The quantitative estimate of drug-likeness (QED) is 0.879. The zero-order valence-corrected chi connectivity index (χ0v) is 13.6. The molecule has 3 nitrogen and oxygen atoms in total. The number of nitrogens with two attached hydrogens (primary N) is 1. The summed E-state index contributed by atoms with van der Waals surface area (Å²) in [5.74, 6) is 0. The molecule has 1 aromatic carbocycles. The Hall–Kier alpha value is -0.900. The molecule has 3 N–H and O–H groups in total. The molecule has 3 heteroatoms. The molecule has 1 fully saturated rings. The van der Waals surface area contributed by atoms with E-state index in [4.69, 9.17) is 10.5 Å². The molecule has 1 unspecified atom stereocenters. The van der Waals surface area contributed by atoms with E-state index in [0.29, 0.717) is 13.0 Å². The average molecular weight is 289 g/mol. The molecule has 0 saturated carbocycles. The van der Waals surface area contributed by atoms with E-state index in [1.807, 2.05) is 13.8 Å². The van der Waals surface area contributed by atoms with Crippen molar-refractivity contribution in [1.29, 1.82) is 0 Å². The molecule has 1 aromatic rings. The summed E-state index contributed by atoms with van der Waals surface area (Å²) in [6.45, 7) is 8.59. The summed E-state index contributed by atoms with van der Waals surface area (Å²) in [7, 11) is 0. The third-order valence-electron chi connectivity index (χ3n) is 5.65. The molecular weight excluding hydrogens is 262 g/mol. The van der Waals surface area contributed by atoms with Gasteiger partial charge in [0.1, 0.15) is 5.60 Å². The molecule has 0 spiro atoms. The Morgan fingerprint density at radius 2 is 1.62 bits per heavy atom. The van der Waals surface area contributed by atoms with Gasteiger partial charge in [0, 0.05) is 18.4 Å². The van der Waals surface area contributed by atoms with Gasteiger partial charge in [-0.2, -0.15) is 0 Å². The Balaban J connectivity index is 2.06. The molecule has 1 saturated heterocycles. The van der Waals surface area contributed by atoms with Crippen LogP contribution in [-0.4, -0.2) is 28.5 Å². The van der Waals surface area contributed by atoms with Crippen LogP contribution >= 0.6 is 0 Å². The highest BCUT2D eigenvalue weighted by Gasteiger charge is 2.66. The van der Waals surface area contributed by atoms with Crippen LogP contribution in [0.2, 0.25) is 0 Å². The van der Waals surface area contributed by atoms with Gasteiger partial charge in [-0.1, -0.05) is 24.3 Å². The Labute approximate surface area is 127 Å². The second-order valence-electron chi connectivity index (χ2n) is 8.02. The van der Waals surface area contributed by atoms with Gasteiger partial charge in [-0.25, -0.2) is 0 Å². The lowest BCUT2D eigenvalue weighted by atomic mass is 9.61. The summed E-state index contributed by atoms with van der Waals surface area (Å²) in [4.78, 5) is 0. The van der Waals surface area contributed by atoms with Crippen LogP contribution in [0.15, 0.2) is 24.3 Å². The summed E-state index contributed by atoms with van der Waals surface area (Å²) in [5, 5.41) is 11.7. The van der Waals surface area contributed by atoms with E-state index in [1.165, 1.54) is 11.1 Å². The molecule has 1 aliphatic carbocycles. The summed E-state index contributed by atoms with van der Waals surface area (Å²) in [6.07, 6.45) is 2.29. The highest BCUT2D eigenvalue weighted by molar-refractivity contribution is 5.38. The monoisotopic (exact) mass is 289 g/mol. The molecule has 1 aliphatic heterocycles. The Morgan fingerprint density at radius 1 is 1.10 bits per heavy atom. The molecule has 0 radical (unpaired) electrons. The molecule has 1 atom stereocenters. The van der Waals surface area contributed by atoms with E-state index in [2.05, 4.69) is 38.1 Å². The lowest BCUT2D eigenvalue weighted by molar-refractivity contribution is -0.174. The third-order valence-corrected chi connectivity index (χ3v) is 5.65. The maximum absolute atomic E-state index is 11.7. The number of hydrogen-bond donors (Lipinski definition) is 2. The minimum Gasteiger partial charge on any atom is -0.386 e. The fourth-order valence-electron chi connectivity index (χ4n) is 4.77. The van der Waals surface area contributed by atoms with Crippen molar-refractivity contribution < 1.29 is 9.84 Å². The molecule has 0 bridgehead atoms. The van der Waals surface area contributed by atoms with Crippen molar-refractivity contribution in [3.63, 3.8) is 0 Å². The minimum atomic E-state index is -0.919. The van der Waals surface area contributed by atoms with E-state index in [1.54, 1.807) is 0 Å². The molecule has 21 heavy (non-hydrogen) atoms. The van der Waals surface area contributed by atoms with E-state index >= 15 is 0 Å². The number of fused-ring (bicyclic) bond motifs is 1. The summed E-state index contributed by atoms with van der Waals surface area (Å²) in [6, 6.07) is 8.44. The van der Waals surface area contributed by atoms with Crippen LogP contribution in [0, 0.1) is 5.41 Å². The van der Waals surface area contributed by atoms with Crippen molar-refractivity contribution in [3.8, 4) is 0 Å². The number of rotatable bonds is 2. The van der Waals surface area contributed by atoms with Crippen molar-refractivity contribution in [3.05, 3.63) is 35.4 Å². The molecular formula is C18H27NO2. The van der Waals surface area contributed by atoms with Crippen LogP contribution in [-0.2, 0) is 17.6 Å². The fourth-order valence-corrected chi connectivity index (χ4v) is 4.77. The van der Waals surface area contributed by atoms with Gasteiger partial charge >= 0.3 is 0 Å². The summed E-state index contributed by atoms with van der Waals surface area (Å²) >= 11 is 0. The number of hydrogen-bond acceptors (Lipinski definition) is 3. The normalized spacial score (nSPS) is 32.1. The Kier molecular flexibility index (Phi) is 3.08. The van der Waals surface area contributed by atoms with Crippen molar-refractivity contribution in [2.24, 2.45) is 11.1 Å². The van der Waals surface area contributed by atoms with Crippen molar-refractivity contribution in [1.82, 2.24) is 0 Å². The number of benzene rings is 1. The van der Waals surface area contributed by atoms with E-state index in [9.17, 15) is 5.11 Å². The maximum Gasteiger partial charge on any atom is 0.103 e. The van der Waals surface area contributed by atoms with Crippen molar-refractivity contribution >= 4 is 0 Å². The SMILES string of the molecule is CC1(C)CC(O)(C2(CN)Cc3ccccc3C2)C(C)(C)O1. The van der Waals surface area contributed by atoms with Crippen LogP contribution in [0.1, 0.15) is 45.2 Å². The van der Waals surface area contributed by atoms with Gasteiger partial charge in [0.25, 0.3) is 0 Å². The van der Waals surface area contributed by atoms with Gasteiger partial charge in [0.15, 0.2) is 0 Å². The van der Waals surface area contributed by atoms with Gasteiger partial charge in [0.05, 0.1) is 11.2 Å². The topological polar surface area (TPSA) is 55.5 Å². The van der Waals surface area contributed by atoms with Crippen molar-refractivity contribution in [2.45, 2.75) is 63.8 Å². The van der Waals surface area contributed by atoms with Crippen LogP contribution in [0.5, 0.6) is 0 Å². The first kappa shape index (κ1) is 15.0. The maximum atomic E-state index is 11.7. The standard InChI is InChI=1S/C18H27NO2/c1-15(2)11-18(20,16(3,4)21-15)17(12-19)9-13-7-5-6-8-14(13)10-17/h5-8,20H,9-12,19H2,1-4H3. The molecule has 116 valence electrons. The largest absolute Gasteiger partial charge is 0.386 e. The fraction of sp³-hybridized carbons (Fsp3) is 0.667. The van der Waals surface area contributed by atoms with Crippen LogP contribution in [0.25, 0.3) is 0 Å². The highest BCUT2D eigenvalue weighted by atomic mass is 16.5. The van der Waals surface area contributed by atoms with Crippen LogP contribution in [0.3, 0.4) is 0 Å². The van der Waals surface area contributed by atoms with Crippen LogP contribution in [0.4, 0.5) is 0 Å². The van der Waals surface area contributed by atoms with Crippen molar-refractivity contribution in [2.75, 3.05) is 6.54 Å². The first-order chi connectivity index (χ1) is 9.65. The highest BCUT2D eigenvalue weighted by Crippen LogP contribution is 2.57. The Bertz CT molecular complexity index is 539. The molecule has 0 aromatic heterocycles. The van der Waals surface area contributed by atoms with E-state index in [-0.39, 0.29) is 11.0 Å². The average Bonchev–Trinajstić information content (AvgIpc) is 2.83. The van der Waals surface area contributed by atoms with Gasteiger partial charge in [-0.3, -0.25) is 0 Å². The first-order valence-electron chi connectivity index (χ1n) is 7.84. The molecule has 0 amide bonds. The zero-order chi connectivity index (χ0) is 15.5. The predicted molar refractivity (Wildman–Crippen MR) is 84.1 cm³/mol. The lowest BCUT2D eigenvalue weighted by Crippen LogP contribution is -2.62. The van der Waals surface area contributed by atoms with Gasteiger partial charge in [-0.05, 0) is 51.7 Å². The van der Waals surface area contributed by atoms with E-state index < -0.39 is 11.2 Å². The molecule has 2 aliphatic rings. The zero-order valence-electron chi connectivity index (χ0n) is 13.6. The number of ether oxygens (including phenoxy) is 1. The first-order valence-corrected chi connectivity index (χ1v) is 7.84. The predicted octanol–water partition coefficient (Wildman–Crippen LogP) is 2.44. The summed E-state index contributed by atoms with van der Waals surface area (Å²) < 4.78 is 6.18. The third kappa shape index (κ3) is 1.98. The van der Waals surface area contributed by atoms with Gasteiger partial charge < -0.3 is 15.6 Å². The minimum absolute atomic E-state index is 0.324. The van der Waals surface area contributed by atoms with Crippen LogP contribution < -0.4 is 5.73 Å². The van der Waals surface area contributed by atoms with E-state index in [0.717, 1.165) is 12.8 Å². The number of aliphatic hydroxyl groups is 1. The van der Waals surface area contributed by atoms with Gasteiger partial charge in [-0.15, -0.1) is 0 Å². The lowest BCUT2D eigenvalue weighted by Gasteiger charge is -2.48. The second-order valence-corrected chi connectivity index (χ2v) is 8.02. The smallest absolute Gasteiger partial charge is 0.103 e. The molecule has 1 heterocycles. The van der Waals surface area contributed by atoms with Gasteiger partial charge in [0.2, 0.25) is 0 Å². The molecule has 3 rings (SSSR count).